The van der Waals surface area contributed by atoms with Crippen LogP contribution >= 0.6 is 0 Å². The highest BCUT2D eigenvalue weighted by Crippen LogP contribution is 2.25. The molecule has 0 aliphatic carbocycles. The Labute approximate surface area is 108 Å². The van der Waals surface area contributed by atoms with E-state index in [0.29, 0.717) is 16.7 Å². The maximum absolute atomic E-state index is 11.9. The lowest BCUT2D eigenvalue weighted by Gasteiger charge is -2.05. The molecule has 0 fully saturated rings. The maximum atomic E-state index is 11.9. The second-order valence-electron chi connectivity index (χ2n) is 4.33. The number of anilines is 1. The highest BCUT2D eigenvalue weighted by atomic mass is 16.4. The van der Waals surface area contributed by atoms with Gasteiger partial charge in [0.05, 0.1) is 5.39 Å². The molecule has 4 nitrogen and oxygen atoms in total. The third-order valence-electron chi connectivity index (χ3n) is 2.94. The summed E-state index contributed by atoms with van der Waals surface area (Å²) in [6.45, 7) is 1.43. The Morgan fingerprint density at radius 1 is 1.05 bits per heavy atom. The van der Waals surface area contributed by atoms with Gasteiger partial charge in [0.25, 0.3) is 0 Å². The predicted molar refractivity (Wildman–Crippen MR) is 74.3 cm³/mol. The molecule has 0 saturated heterocycles. The molecule has 0 aliphatic rings. The first-order valence-corrected chi connectivity index (χ1v) is 5.88. The second-order valence-corrected chi connectivity index (χ2v) is 4.33. The standard InChI is InChI=1S/C15H11NO3/c1-9(17)16-10-6-7-12-11-4-2-3-5-13(11)15(18)19-14(12)8-10/h2-8H,1H3,(H,16,17). The van der Waals surface area contributed by atoms with Crippen molar-refractivity contribution in [3.05, 3.63) is 52.9 Å². The van der Waals surface area contributed by atoms with Crippen LogP contribution in [0.3, 0.4) is 0 Å². The van der Waals surface area contributed by atoms with Gasteiger partial charge < -0.3 is 9.73 Å². The van der Waals surface area contributed by atoms with E-state index in [1.807, 2.05) is 18.2 Å². The number of nitrogens with one attached hydrogen (secondary N) is 1. The molecule has 3 aromatic rings. The summed E-state index contributed by atoms with van der Waals surface area (Å²) < 4.78 is 5.29. The minimum Gasteiger partial charge on any atom is -0.422 e. The van der Waals surface area contributed by atoms with Crippen LogP contribution in [0, 0.1) is 0 Å². The highest BCUT2D eigenvalue weighted by Gasteiger charge is 2.07. The topological polar surface area (TPSA) is 59.3 Å². The molecule has 3 rings (SSSR count). The van der Waals surface area contributed by atoms with Gasteiger partial charge in [-0.3, -0.25) is 4.79 Å². The third kappa shape index (κ3) is 1.97. The molecule has 0 aliphatic heterocycles. The fraction of sp³-hybridized carbons (Fsp3) is 0.0667. The zero-order valence-electron chi connectivity index (χ0n) is 10.3. The molecular weight excluding hydrogens is 242 g/mol. The van der Waals surface area contributed by atoms with Crippen LogP contribution in [0.1, 0.15) is 6.92 Å². The van der Waals surface area contributed by atoms with Gasteiger partial charge in [-0.2, -0.15) is 0 Å². The van der Waals surface area contributed by atoms with E-state index in [9.17, 15) is 9.59 Å². The number of benzene rings is 2. The number of rotatable bonds is 1. The molecule has 1 heterocycles. The average molecular weight is 253 g/mol. The number of hydrogen-bond acceptors (Lipinski definition) is 3. The van der Waals surface area contributed by atoms with Crippen molar-refractivity contribution in [3.8, 4) is 0 Å². The van der Waals surface area contributed by atoms with Crippen molar-refractivity contribution in [2.24, 2.45) is 0 Å². The van der Waals surface area contributed by atoms with E-state index in [4.69, 9.17) is 4.42 Å². The number of carbonyl (C=O) groups excluding carboxylic acids is 1. The van der Waals surface area contributed by atoms with Gasteiger partial charge in [0.2, 0.25) is 5.91 Å². The monoisotopic (exact) mass is 253 g/mol. The normalized spacial score (nSPS) is 10.8. The molecular formula is C15H11NO3. The zero-order chi connectivity index (χ0) is 13.4. The Bertz CT molecular complexity index is 849. The maximum Gasteiger partial charge on any atom is 0.344 e. The van der Waals surface area contributed by atoms with E-state index in [2.05, 4.69) is 5.32 Å². The van der Waals surface area contributed by atoms with Crippen LogP contribution in [0.4, 0.5) is 5.69 Å². The summed E-state index contributed by atoms with van der Waals surface area (Å²) in [6.07, 6.45) is 0. The Kier molecular flexibility index (Phi) is 2.56. The highest BCUT2D eigenvalue weighted by molar-refractivity contribution is 6.05. The Hall–Kier alpha value is -2.62. The van der Waals surface area contributed by atoms with E-state index in [1.54, 1.807) is 24.3 Å². The first-order valence-electron chi connectivity index (χ1n) is 5.88. The van der Waals surface area contributed by atoms with Gasteiger partial charge in [-0.15, -0.1) is 0 Å². The lowest BCUT2D eigenvalue weighted by atomic mass is 10.1. The Morgan fingerprint density at radius 3 is 2.53 bits per heavy atom. The Morgan fingerprint density at radius 2 is 1.79 bits per heavy atom. The van der Waals surface area contributed by atoms with Crippen molar-refractivity contribution in [1.82, 2.24) is 0 Å². The molecule has 94 valence electrons. The van der Waals surface area contributed by atoms with Crippen LogP contribution in [0.2, 0.25) is 0 Å². The SMILES string of the molecule is CC(=O)Nc1ccc2c(c1)oc(=O)c1ccccc12. The van der Waals surface area contributed by atoms with Gasteiger partial charge in [0.15, 0.2) is 0 Å². The molecule has 0 atom stereocenters. The molecule has 4 heteroatoms. The van der Waals surface area contributed by atoms with E-state index in [1.165, 1.54) is 6.92 Å². The minimum absolute atomic E-state index is 0.164. The fourth-order valence-corrected chi connectivity index (χ4v) is 2.16. The quantitative estimate of drug-likeness (QED) is 0.536. The van der Waals surface area contributed by atoms with Crippen LogP contribution in [-0.4, -0.2) is 5.91 Å². The molecule has 0 unspecified atom stereocenters. The molecule has 0 saturated carbocycles. The molecule has 2 aromatic carbocycles. The van der Waals surface area contributed by atoms with E-state index in [0.717, 1.165) is 10.8 Å². The van der Waals surface area contributed by atoms with Crippen LogP contribution in [-0.2, 0) is 4.79 Å². The molecule has 1 amide bonds. The van der Waals surface area contributed by atoms with Gasteiger partial charge in [0.1, 0.15) is 5.58 Å². The summed E-state index contributed by atoms with van der Waals surface area (Å²) >= 11 is 0. The minimum atomic E-state index is -0.372. The molecule has 0 spiro atoms. The van der Waals surface area contributed by atoms with Gasteiger partial charge in [-0.05, 0) is 23.6 Å². The second kappa shape index (κ2) is 4.24. The fourth-order valence-electron chi connectivity index (χ4n) is 2.16. The van der Waals surface area contributed by atoms with Crippen LogP contribution in [0.25, 0.3) is 21.7 Å². The van der Waals surface area contributed by atoms with Crippen molar-refractivity contribution >= 4 is 33.3 Å². The largest absolute Gasteiger partial charge is 0.422 e. The predicted octanol–water partition coefficient (Wildman–Crippen LogP) is 2.90. The summed E-state index contributed by atoms with van der Waals surface area (Å²) in [6, 6.07) is 12.6. The zero-order valence-corrected chi connectivity index (χ0v) is 10.3. The van der Waals surface area contributed by atoms with E-state index in [-0.39, 0.29) is 11.5 Å². The first-order chi connectivity index (χ1) is 9.15. The van der Waals surface area contributed by atoms with Crippen molar-refractivity contribution in [2.75, 3.05) is 5.32 Å². The van der Waals surface area contributed by atoms with Gasteiger partial charge >= 0.3 is 5.63 Å². The van der Waals surface area contributed by atoms with Gasteiger partial charge in [-0.1, -0.05) is 18.2 Å². The van der Waals surface area contributed by atoms with Gasteiger partial charge in [0, 0.05) is 24.1 Å². The van der Waals surface area contributed by atoms with E-state index < -0.39 is 0 Å². The van der Waals surface area contributed by atoms with Gasteiger partial charge in [-0.25, -0.2) is 4.79 Å². The van der Waals surface area contributed by atoms with Crippen LogP contribution in [0.15, 0.2) is 51.7 Å². The van der Waals surface area contributed by atoms with Crippen LogP contribution < -0.4 is 10.9 Å². The van der Waals surface area contributed by atoms with Crippen molar-refractivity contribution in [3.63, 3.8) is 0 Å². The lowest BCUT2D eigenvalue weighted by Crippen LogP contribution is -2.06. The number of carbonyl (C=O) groups is 1. The summed E-state index contributed by atoms with van der Waals surface area (Å²) in [7, 11) is 0. The van der Waals surface area contributed by atoms with Crippen LogP contribution in [0.5, 0.6) is 0 Å². The summed E-state index contributed by atoms with van der Waals surface area (Å²) in [5.74, 6) is -0.164. The molecule has 19 heavy (non-hydrogen) atoms. The van der Waals surface area contributed by atoms with Crippen molar-refractivity contribution in [1.29, 1.82) is 0 Å². The van der Waals surface area contributed by atoms with Crippen molar-refractivity contribution < 1.29 is 9.21 Å². The van der Waals surface area contributed by atoms with E-state index >= 15 is 0 Å². The molecule has 0 bridgehead atoms. The molecule has 0 radical (unpaired) electrons. The molecule has 1 N–H and O–H groups in total. The number of amides is 1. The lowest BCUT2D eigenvalue weighted by molar-refractivity contribution is -0.114. The average Bonchev–Trinajstić information content (AvgIpc) is 2.38. The number of hydrogen-bond donors (Lipinski definition) is 1. The third-order valence-corrected chi connectivity index (χ3v) is 2.94. The smallest absolute Gasteiger partial charge is 0.344 e. The number of fused-ring (bicyclic) bond motifs is 3. The molecule has 1 aromatic heterocycles. The van der Waals surface area contributed by atoms with Crippen molar-refractivity contribution in [2.45, 2.75) is 6.92 Å². The first kappa shape index (κ1) is 11.5. The summed E-state index contributed by atoms with van der Waals surface area (Å²) in [4.78, 5) is 22.9. The Balaban J connectivity index is 2.34. The summed E-state index contributed by atoms with van der Waals surface area (Å²) in [5.41, 5.74) is 0.705. The summed E-state index contributed by atoms with van der Waals surface area (Å²) in [5, 5.41) is 4.92.